The van der Waals surface area contributed by atoms with E-state index in [1.165, 1.54) is 0 Å². The van der Waals surface area contributed by atoms with E-state index < -0.39 is 0 Å². The van der Waals surface area contributed by atoms with Crippen LogP contribution in [0, 0.1) is 0 Å². The van der Waals surface area contributed by atoms with Crippen molar-refractivity contribution in [1.82, 2.24) is 4.90 Å². The van der Waals surface area contributed by atoms with Crippen molar-refractivity contribution in [3.05, 3.63) is 11.3 Å². The van der Waals surface area contributed by atoms with Gasteiger partial charge in [0, 0.05) is 12.1 Å². The Morgan fingerprint density at radius 3 is 2.54 bits per heavy atom. The third-order valence-electron chi connectivity index (χ3n) is 2.09. The van der Waals surface area contributed by atoms with Gasteiger partial charge in [0.25, 0.3) is 0 Å². The highest BCUT2D eigenvalue weighted by molar-refractivity contribution is 5.86. The quantitative estimate of drug-likeness (QED) is 0.570. The molecule has 1 rings (SSSR count). The van der Waals surface area contributed by atoms with Gasteiger partial charge in [-0.3, -0.25) is 9.59 Å². The molecule has 0 amide bonds. The van der Waals surface area contributed by atoms with Crippen LogP contribution in [0.2, 0.25) is 0 Å². The van der Waals surface area contributed by atoms with E-state index in [-0.39, 0.29) is 6.54 Å². The van der Waals surface area contributed by atoms with Crippen molar-refractivity contribution in [2.45, 2.75) is 12.8 Å². The molecule has 1 heterocycles. The first kappa shape index (κ1) is 9.64. The minimum absolute atomic E-state index is 0.186. The lowest BCUT2D eigenvalue weighted by Gasteiger charge is -2.27. The first-order chi connectivity index (χ1) is 6.33. The van der Waals surface area contributed by atoms with Crippen LogP contribution >= 0.6 is 0 Å². The molecule has 4 nitrogen and oxygen atoms in total. The Morgan fingerprint density at radius 1 is 1.23 bits per heavy atom. The summed E-state index contributed by atoms with van der Waals surface area (Å²) >= 11 is 0. The summed E-state index contributed by atoms with van der Waals surface area (Å²) in [5, 5.41) is 0. The van der Waals surface area contributed by atoms with E-state index in [2.05, 4.69) is 0 Å². The van der Waals surface area contributed by atoms with Gasteiger partial charge in [0.15, 0.2) is 6.29 Å². The Bertz CT molecular complexity index is 258. The Labute approximate surface area is 76.2 Å². The number of allylic oxidation sites excluding steroid dienone is 2. The molecule has 4 heteroatoms. The molecule has 0 saturated heterocycles. The number of rotatable bonds is 4. The molecule has 0 N–H and O–H groups in total. The molecule has 0 spiro atoms. The second kappa shape index (κ2) is 4.54. The van der Waals surface area contributed by atoms with Gasteiger partial charge in [-0.15, -0.1) is 0 Å². The van der Waals surface area contributed by atoms with Crippen LogP contribution < -0.4 is 0 Å². The van der Waals surface area contributed by atoms with Gasteiger partial charge in [-0.1, -0.05) is 0 Å². The number of carbonyl (C=O) groups is 3. The second-order valence-electron chi connectivity index (χ2n) is 2.86. The van der Waals surface area contributed by atoms with Gasteiger partial charge in [0.2, 0.25) is 0 Å². The number of hydrogen-bond acceptors (Lipinski definition) is 4. The molecule has 0 aromatic heterocycles. The standard InChI is InChI=1S/C9H11NO3/c11-5-4-10-3-1-2-8(6-12)9(10)7-13/h5-7H,1-4H2. The highest BCUT2D eigenvalue weighted by Crippen LogP contribution is 2.18. The summed E-state index contributed by atoms with van der Waals surface area (Å²) in [6.45, 7) is 0.857. The Kier molecular flexibility index (Phi) is 3.37. The number of hydrogen-bond donors (Lipinski definition) is 0. The van der Waals surface area contributed by atoms with Gasteiger partial charge in [-0.2, -0.15) is 0 Å². The monoisotopic (exact) mass is 181 g/mol. The summed E-state index contributed by atoms with van der Waals surface area (Å²) in [6, 6.07) is 0. The Balaban J connectivity index is 2.90. The maximum absolute atomic E-state index is 10.6. The fraction of sp³-hybridized carbons (Fsp3) is 0.444. The summed E-state index contributed by atoms with van der Waals surface area (Å²) < 4.78 is 0. The molecular weight excluding hydrogens is 170 g/mol. The Morgan fingerprint density at radius 2 is 2.00 bits per heavy atom. The fourth-order valence-corrected chi connectivity index (χ4v) is 1.46. The van der Waals surface area contributed by atoms with Gasteiger partial charge in [0.05, 0.1) is 12.2 Å². The summed E-state index contributed by atoms with van der Waals surface area (Å²) in [5.41, 5.74) is 0.872. The zero-order valence-electron chi connectivity index (χ0n) is 7.23. The molecule has 0 radical (unpaired) electrons. The summed E-state index contributed by atoms with van der Waals surface area (Å²) in [7, 11) is 0. The molecule has 0 atom stereocenters. The fourth-order valence-electron chi connectivity index (χ4n) is 1.46. The summed E-state index contributed by atoms with van der Waals surface area (Å²) in [5.74, 6) is 0. The maximum atomic E-state index is 10.6. The third kappa shape index (κ3) is 2.02. The van der Waals surface area contributed by atoms with Crippen LogP contribution in [0.5, 0.6) is 0 Å². The maximum Gasteiger partial charge on any atom is 0.166 e. The minimum Gasteiger partial charge on any atom is -0.362 e. The van der Waals surface area contributed by atoms with Crippen LogP contribution in [-0.4, -0.2) is 36.8 Å². The SMILES string of the molecule is O=CCN1CCCC(C=O)=C1C=O. The van der Waals surface area contributed by atoms with Crippen molar-refractivity contribution >= 4 is 18.9 Å². The molecule has 0 fully saturated rings. The molecule has 0 bridgehead atoms. The van der Waals surface area contributed by atoms with Crippen molar-refractivity contribution in [3.8, 4) is 0 Å². The van der Waals surface area contributed by atoms with Gasteiger partial charge in [-0.25, -0.2) is 0 Å². The van der Waals surface area contributed by atoms with Crippen molar-refractivity contribution < 1.29 is 14.4 Å². The zero-order chi connectivity index (χ0) is 9.68. The smallest absolute Gasteiger partial charge is 0.166 e. The summed E-state index contributed by atoms with van der Waals surface area (Å²) in [6.07, 6.45) is 3.52. The van der Waals surface area contributed by atoms with Gasteiger partial charge < -0.3 is 9.69 Å². The molecule has 0 aliphatic carbocycles. The first-order valence-electron chi connectivity index (χ1n) is 4.15. The molecule has 0 unspecified atom stereocenters. The highest BCUT2D eigenvalue weighted by atomic mass is 16.1. The highest BCUT2D eigenvalue weighted by Gasteiger charge is 2.18. The lowest BCUT2D eigenvalue weighted by atomic mass is 10.0. The Hall–Kier alpha value is -1.45. The molecule has 70 valence electrons. The van der Waals surface area contributed by atoms with Crippen LogP contribution in [0.1, 0.15) is 12.8 Å². The molecule has 0 aromatic carbocycles. The molecule has 0 aromatic rings. The van der Waals surface area contributed by atoms with Crippen LogP contribution in [0.25, 0.3) is 0 Å². The predicted octanol–water partition coefficient (Wildman–Crippen LogP) is -0.0670. The lowest BCUT2D eigenvalue weighted by Crippen LogP contribution is -2.31. The van der Waals surface area contributed by atoms with E-state index in [0.717, 1.165) is 12.7 Å². The molecular formula is C9H11NO3. The van der Waals surface area contributed by atoms with Crippen LogP contribution in [0.4, 0.5) is 0 Å². The zero-order valence-corrected chi connectivity index (χ0v) is 7.23. The largest absolute Gasteiger partial charge is 0.362 e. The van der Waals surface area contributed by atoms with Crippen molar-refractivity contribution in [3.63, 3.8) is 0 Å². The number of aldehydes is 3. The third-order valence-corrected chi connectivity index (χ3v) is 2.09. The predicted molar refractivity (Wildman–Crippen MR) is 46.0 cm³/mol. The average molecular weight is 181 g/mol. The summed E-state index contributed by atoms with van der Waals surface area (Å²) in [4.78, 5) is 33.1. The molecule has 13 heavy (non-hydrogen) atoms. The average Bonchev–Trinajstić information content (AvgIpc) is 2.18. The van der Waals surface area contributed by atoms with Crippen molar-refractivity contribution in [2.24, 2.45) is 0 Å². The normalized spacial score (nSPS) is 17.1. The van der Waals surface area contributed by atoms with Gasteiger partial charge in [-0.05, 0) is 12.8 Å². The topological polar surface area (TPSA) is 54.5 Å². The van der Waals surface area contributed by atoms with E-state index in [1.54, 1.807) is 4.90 Å². The van der Waals surface area contributed by atoms with E-state index in [9.17, 15) is 14.4 Å². The number of nitrogens with zero attached hydrogens (tertiary/aromatic N) is 1. The first-order valence-corrected chi connectivity index (χ1v) is 4.15. The van der Waals surface area contributed by atoms with Crippen molar-refractivity contribution in [1.29, 1.82) is 0 Å². The lowest BCUT2D eigenvalue weighted by molar-refractivity contribution is -0.110. The van der Waals surface area contributed by atoms with E-state index in [4.69, 9.17) is 0 Å². The van der Waals surface area contributed by atoms with Gasteiger partial charge >= 0.3 is 0 Å². The van der Waals surface area contributed by atoms with E-state index in [1.807, 2.05) is 0 Å². The van der Waals surface area contributed by atoms with Crippen molar-refractivity contribution in [2.75, 3.05) is 13.1 Å². The van der Waals surface area contributed by atoms with Crippen LogP contribution in [0.15, 0.2) is 11.3 Å². The minimum atomic E-state index is 0.186. The van der Waals surface area contributed by atoms with Crippen LogP contribution in [-0.2, 0) is 14.4 Å². The number of carbonyl (C=O) groups excluding carboxylic acids is 3. The second-order valence-corrected chi connectivity index (χ2v) is 2.86. The molecule has 1 aliphatic rings. The van der Waals surface area contributed by atoms with Gasteiger partial charge in [0.1, 0.15) is 12.6 Å². The van der Waals surface area contributed by atoms with E-state index in [0.29, 0.717) is 36.8 Å². The van der Waals surface area contributed by atoms with Crippen LogP contribution in [0.3, 0.4) is 0 Å². The van der Waals surface area contributed by atoms with E-state index >= 15 is 0 Å². The molecule has 0 saturated carbocycles. The molecule has 1 aliphatic heterocycles.